The maximum atomic E-state index is 15.6. The monoisotopic (exact) mass is 461 g/mol. The maximum Gasteiger partial charge on any atom is 0.270 e. The number of aromatic nitrogens is 2. The molecule has 0 unspecified atom stereocenters. The number of fused-ring (bicyclic) bond motifs is 5. The van der Waals surface area contributed by atoms with Crippen LogP contribution in [0, 0.1) is 52.3 Å². The van der Waals surface area contributed by atoms with Crippen LogP contribution in [0.3, 0.4) is 0 Å². The summed E-state index contributed by atoms with van der Waals surface area (Å²) < 4.78 is 37.8. The van der Waals surface area contributed by atoms with Crippen molar-refractivity contribution in [1.29, 1.82) is 5.26 Å². The SMILES string of the molecule is COC[C@@]1(O)CC[C@H]2[C@H](CC[C@@H]3[C@@H]2CC[C@]2(C)[C@@H](C(F)(F)Cn4cc(C#N)cn4)CC[C@@H]32)C1. The minimum absolute atomic E-state index is 0.323. The molecular formula is C26H37F2N3O2. The van der Waals surface area contributed by atoms with Gasteiger partial charge in [-0.05, 0) is 92.8 Å². The van der Waals surface area contributed by atoms with Crippen LogP contribution in [0.25, 0.3) is 0 Å². The third-order valence-corrected chi connectivity index (χ3v) is 10.2. The molecule has 1 heterocycles. The fourth-order valence-electron chi connectivity index (χ4n) is 8.89. The Bertz CT molecular complexity index is 914. The molecule has 182 valence electrons. The van der Waals surface area contributed by atoms with E-state index in [0.29, 0.717) is 48.2 Å². The Morgan fingerprint density at radius 1 is 1.18 bits per heavy atom. The number of nitrogens with zero attached hydrogens (tertiary/aromatic N) is 3. The van der Waals surface area contributed by atoms with E-state index in [1.807, 2.05) is 6.07 Å². The highest BCUT2D eigenvalue weighted by Gasteiger charge is 2.62. The third-order valence-electron chi connectivity index (χ3n) is 10.2. The van der Waals surface area contributed by atoms with E-state index < -0.39 is 24.0 Å². The summed E-state index contributed by atoms with van der Waals surface area (Å²) in [5.41, 5.74) is -0.707. The summed E-state index contributed by atoms with van der Waals surface area (Å²) in [6.45, 7) is 2.10. The zero-order valence-corrected chi connectivity index (χ0v) is 19.9. The molecule has 0 aromatic carbocycles. The van der Waals surface area contributed by atoms with E-state index in [0.717, 1.165) is 51.4 Å². The van der Waals surface area contributed by atoms with Crippen molar-refractivity contribution in [1.82, 2.24) is 9.78 Å². The van der Waals surface area contributed by atoms with Gasteiger partial charge in [0.2, 0.25) is 0 Å². The first-order valence-corrected chi connectivity index (χ1v) is 12.7. The third kappa shape index (κ3) is 3.91. The Morgan fingerprint density at radius 3 is 2.70 bits per heavy atom. The summed E-state index contributed by atoms with van der Waals surface area (Å²) in [7, 11) is 1.66. The predicted octanol–water partition coefficient (Wildman–Crippen LogP) is 5.04. The standard InChI is InChI=1S/C26H37F2N3O2/c1-24-9-7-20-19-8-10-25(32,16-33-2)11-18(19)3-4-21(20)22(24)5-6-23(24)26(27,28)15-31-14-17(12-29)13-30-31/h13-14,18-23,32H,3-11,15-16H2,1-2H3/t18-,19+,20-,21-,22+,23+,24+,25-/m1/s1. The van der Waals surface area contributed by atoms with Gasteiger partial charge in [0.25, 0.3) is 5.92 Å². The Hall–Kier alpha value is -1.52. The van der Waals surface area contributed by atoms with Crippen LogP contribution in [-0.4, -0.2) is 40.1 Å². The molecule has 0 spiro atoms. The highest BCUT2D eigenvalue weighted by molar-refractivity contribution is 5.21. The molecule has 0 saturated heterocycles. The average Bonchev–Trinajstić information content (AvgIpc) is 3.36. The summed E-state index contributed by atoms with van der Waals surface area (Å²) in [4.78, 5) is 0. The van der Waals surface area contributed by atoms with Crippen molar-refractivity contribution in [2.24, 2.45) is 40.9 Å². The molecule has 0 bridgehead atoms. The zero-order chi connectivity index (χ0) is 23.4. The minimum atomic E-state index is -2.84. The number of hydrogen-bond donors (Lipinski definition) is 1. The van der Waals surface area contributed by atoms with Crippen LogP contribution < -0.4 is 0 Å². The van der Waals surface area contributed by atoms with E-state index in [-0.39, 0.29) is 5.41 Å². The fourth-order valence-corrected chi connectivity index (χ4v) is 8.89. The van der Waals surface area contributed by atoms with Crippen LogP contribution in [0.2, 0.25) is 0 Å². The average molecular weight is 462 g/mol. The highest BCUT2D eigenvalue weighted by Crippen LogP contribution is 2.66. The number of rotatable bonds is 5. The van der Waals surface area contributed by atoms with E-state index in [1.54, 1.807) is 7.11 Å². The van der Waals surface area contributed by atoms with Crippen LogP contribution in [-0.2, 0) is 11.3 Å². The molecule has 33 heavy (non-hydrogen) atoms. The normalized spacial score (nSPS) is 42.8. The molecule has 4 saturated carbocycles. The first-order valence-electron chi connectivity index (χ1n) is 12.7. The lowest BCUT2D eigenvalue weighted by molar-refractivity contribution is -0.153. The van der Waals surface area contributed by atoms with E-state index in [4.69, 9.17) is 10.00 Å². The van der Waals surface area contributed by atoms with Crippen molar-refractivity contribution in [2.45, 2.75) is 82.8 Å². The van der Waals surface area contributed by atoms with Gasteiger partial charge in [-0.25, -0.2) is 8.78 Å². The largest absolute Gasteiger partial charge is 0.387 e. The molecule has 4 aliphatic rings. The minimum Gasteiger partial charge on any atom is -0.387 e. The molecule has 1 aromatic rings. The van der Waals surface area contributed by atoms with Gasteiger partial charge in [0.15, 0.2) is 0 Å². The van der Waals surface area contributed by atoms with Gasteiger partial charge in [0, 0.05) is 19.2 Å². The van der Waals surface area contributed by atoms with Crippen molar-refractivity contribution in [2.75, 3.05) is 13.7 Å². The predicted molar refractivity (Wildman–Crippen MR) is 119 cm³/mol. The van der Waals surface area contributed by atoms with E-state index in [9.17, 15) is 5.11 Å². The first-order chi connectivity index (χ1) is 15.7. The molecule has 0 radical (unpaired) electrons. The molecule has 4 aliphatic carbocycles. The number of alkyl halides is 2. The zero-order valence-electron chi connectivity index (χ0n) is 19.9. The molecule has 4 fully saturated rings. The summed E-state index contributed by atoms with van der Waals surface area (Å²) in [6, 6.07) is 1.97. The van der Waals surface area contributed by atoms with Gasteiger partial charge in [-0.15, -0.1) is 0 Å². The van der Waals surface area contributed by atoms with Crippen molar-refractivity contribution < 1.29 is 18.6 Å². The molecule has 5 rings (SSSR count). The van der Waals surface area contributed by atoms with E-state index >= 15 is 8.78 Å². The number of halogens is 2. The second-order valence-electron chi connectivity index (χ2n) is 11.8. The Balaban J connectivity index is 1.31. The number of aliphatic hydroxyl groups is 1. The molecule has 1 aromatic heterocycles. The van der Waals surface area contributed by atoms with Gasteiger partial charge in [0.1, 0.15) is 12.6 Å². The van der Waals surface area contributed by atoms with Gasteiger partial charge in [0.05, 0.1) is 24.0 Å². The van der Waals surface area contributed by atoms with Crippen molar-refractivity contribution in [3.8, 4) is 6.07 Å². The quantitative estimate of drug-likeness (QED) is 0.667. The van der Waals surface area contributed by atoms with Gasteiger partial charge in [-0.2, -0.15) is 10.4 Å². The maximum absolute atomic E-state index is 15.6. The van der Waals surface area contributed by atoms with Crippen molar-refractivity contribution in [3.05, 3.63) is 18.0 Å². The molecule has 7 heteroatoms. The summed E-state index contributed by atoms with van der Waals surface area (Å²) >= 11 is 0. The summed E-state index contributed by atoms with van der Waals surface area (Å²) in [5, 5.41) is 23.9. The fraction of sp³-hybridized carbons (Fsp3) is 0.846. The van der Waals surface area contributed by atoms with Crippen LogP contribution >= 0.6 is 0 Å². The number of ether oxygens (including phenoxy) is 1. The molecular weight excluding hydrogens is 424 g/mol. The Kier molecular flexibility index (Phi) is 5.85. The van der Waals surface area contributed by atoms with Gasteiger partial charge < -0.3 is 9.84 Å². The van der Waals surface area contributed by atoms with E-state index in [2.05, 4.69) is 12.0 Å². The van der Waals surface area contributed by atoms with E-state index in [1.165, 1.54) is 17.1 Å². The van der Waals surface area contributed by atoms with Crippen LogP contribution in [0.4, 0.5) is 8.78 Å². The summed E-state index contributed by atoms with van der Waals surface area (Å²) in [5.74, 6) is -0.800. The topological polar surface area (TPSA) is 71.1 Å². The second kappa shape index (κ2) is 8.30. The second-order valence-corrected chi connectivity index (χ2v) is 11.8. The first kappa shape index (κ1) is 23.2. The lowest BCUT2D eigenvalue weighted by Crippen LogP contribution is -2.53. The van der Waals surface area contributed by atoms with Crippen LogP contribution in [0.1, 0.15) is 70.3 Å². The lowest BCUT2D eigenvalue weighted by Gasteiger charge is -2.57. The molecule has 5 nitrogen and oxygen atoms in total. The van der Waals surface area contributed by atoms with Crippen molar-refractivity contribution >= 4 is 0 Å². The number of nitriles is 1. The Morgan fingerprint density at radius 2 is 1.97 bits per heavy atom. The van der Waals surface area contributed by atoms with Gasteiger partial charge in [-0.1, -0.05) is 6.92 Å². The lowest BCUT2D eigenvalue weighted by atomic mass is 9.48. The molecule has 1 N–H and O–H groups in total. The molecule has 8 atom stereocenters. The van der Waals surface area contributed by atoms with Gasteiger partial charge >= 0.3 is 0 Å². The Labute approximate surface area is 195 Å². The van der Waals surface area contributed by atoms with Crippen LogP contribution in [0.5, 0.6) is 0 Å². The highest BCUT2D eigenvalue weighted by atomic mass is 19.3. The smallest absolute Gasteiger partial charge is 0.270 e. The molecule has 0 amide bonds. The molecule has 0 aliphatic heterocycles. The van der Waals surface area contributed by atoms with Gasteiger partial charge in [-0.3, -0.25) is 4.68 Å². The summed E-state index contributed by atoms with van der Waals surface area (Å²) in [6.07, 6.45) is 11.0. The number of methoxy groups -OCH3 is 1. The van der Waals surface area contributed by atoms with Crippen LogP contribution in [0.15, 0.2) is 12.4 Å². The van der Waals surface area contributed by atoms with Crippen molar-refractivity contribution in [3.63, 3.8) is 0 Å². The number of hydrogen-bond acceptors (Lipinski definition) is 4.